The first-order valence-corrected chi connectivity index (χ1v) is 8.32. The number of carbonyl (C=O) groups is 2. The molecular formula is C17H23ClFN3O2. The summed E-state index contributed by atoms with van der Waals surface area (Å²) in [6.07, 6.45) is 1.90. The van der Waals surface area contributed by atoms with Crippen molar-refractivity contribution in [2.45, 2.75) is 51.7 Å². The number of urea groups is 1. The van der Waals surface area contributed by atoms with Gasteiger partial charge in [-0.05, 0) is 45.7 Å². The number of hydrogen-bond donors (Lipinski definition) is 2. The smallest absolute Gasteiger partial charge is 0.321 e. The highest BCUT2D eigenvalue weighted by molar-refractivity contribution is 6.31. The summed E-state index contributed by atoms with van der Waals surface area (Å²) in [6, 6.07) is 4.21. The van der Waals surface area contributed by atoms with Crippen molar-refractivity contribution in [2.75, 3.05) is 6.54 Å². The summed E-state index contributed by atoms with van der Waals surface area (Å²) in [7, 11) is 0. The molecule has 0 aromatic heterocycles. The normalized spacial score (nSPS) is 14.6. The van der Waals surface area contributed by atoms with Gasteiger partial charge in [-0.15, -0.1) is 0 Å². The Bertz CT molecular complexity index is 607. The van der Waals surface area contributed by atoms with Gasteiger partial charge in [-0.3, -0.25) is 15.0 Å². The molecule has 0 atom stereocenters. The minimum atomic E-state index is -0.535. The van der Waals surface area contributed by atoms with Gasteiger partial charge in [0.25, 0.3) is 0 Å². The predicted octanol–water partition coefficient (Wildman–Crippen LogP) is 3.07. The van der Waals surface area contributed by atoms with Crippen molar-refractivity contribution in [1.29, 1.82) is 0 Å². The maximum atomic E-state index is 14.0. The van der Waals surface area contributed by atoms with Gasteiger partial charge in [-0.2, -0.15) is 0 Å². The van der Waals surface area contributed by atoms with Gasteiger partial charge in [0, 0.05) is 28.7 Å². The van der Waals surface area contributed by atoms with Crippen molar-refractivity contribution in [3.63, 3.8) is 0 Å². The van der Waals surface area contributed by atoms with Crippen LogP contribution in [0.25, 0.3) is 0 Å². The Labute approximate surface area is 146 Å². The molecule has 0 radical (unpaired) electrons. The Morgan fingerprint density at radius 1 is 1.33 bits per heavy atom. The maximum Gasteiger partial charge on any atom is 0.321 e. The number of halogens is 2. The SMILES string of the molecule is CC(C)(C)NC(=O)NC(=O)CN(Cc1c(F)cccc1Cl)C1CC1. The molecule has 1 saturated carbocycles. The van der Waals surface area contributed by atoms with Crippen LogP contribution in [0.15, 0.2) is 18.2 Å². The zero-order chi connectivity index (χ0) is 17.9. The predicted molar refractivity (Wildman–Crippen MR) is 91.3 cm³/mol. The summed E-state index contributed by atoms with van der Waals surface area (Å²) in [4.78, 5) is 25.7. The minimum absolute atomic E-state index is 0.0207. The first kappa shape index (κ1) is 18.7. The van der Waals surface area contributed by atoms with E-state index in [2.05, 4.69) is 10.6 Å². The molecular weight excluding hydrogens is 333 g/mol. The molecule has 1 aliphatic rings. The van der Waals surface area contributed by atoms with Crippen molar-refractivity contribution in [3.05, 3.63) is 34.6 Å². The van der Waals surface area contributed by atoms with Gasteiger partial charge in [0.15, 0.2) is 0 Å². The van der Waals surface area contributed by atoms with E-state index >= 15 is 0 Å². The van der Waals surface area contributed by atoms with Gasteiger partial charge in [0.05, 0.1) is 6.54 Å². The summed E-state index contributed by atoms with van der Waals surface area (Å²) in [5, 5.41) is 5.31. The van der Waals surface area contributed by atoms with Crippen LogP contribution in [0, 0.1) is 5.82 Å². The van der Waals surface area contributed by atoms with Crippen LogP contribution in [0.5, 0.6) is 0 Å². The lowest BCUT2D eigenvalue weighted by molar-refractivity contribution is -0.121. The van der Waals surface area contributed by atoms with E-state index in [0.717, 1.165) is 12.8 Å². The van der Waals surface area contributed by atoms with E-state index in [1.54, 1.807) is 12.1 Å². The second-order valence-electron chi connectivity index (χ2n) is 7.09. The second kappa shape index (κ2) is 7.49. The molecule has 0 aliphatic heterocycles. The van der Waals surface area contributed by atoms with Gasteiger partial charge < -0.3 is 5.32 Å². The van der Waals surface area contributed by atoms with Crippen LogP contribution in [0.3, 0.4) is 0 Å². The summed E-state index contributed by atoms with van der Waals surface area (Å²) < 4.78 is 14.0. The Balaban J connectivity index is 1.97. The number of rotatable bonds is 5. The molecule has 3 amide bonds. The molecule has 132 valence electrons. The topological polar surface area (TPSA) is 61.4 Å². The van der Waals surface area contributed by atoms with Crippen molar-refractivity contribution < 1.29 is 14.0 Å². The molecule has 0 unspecified atom stereocenters. The van der Waals surface area contributed by atoms with Crippen LogP contribution in [-0.4, -0.2) is 35.0 Å². The third-order valence-electron chi connectivity index (χ3n) is 3.57. The van der Waals surface area contributed by atoms with Crippen molar-refractivity contribution in [3.8, 4) is 0 Å². The third kappa shape index (κ3) is 5.76. The van der Waals surface area contributed by atoms with E-state index in [-0.39, 0.29) is 24.9 Å². The highest BCUT2D eigenvalue weighted by Crippen LogP contribution is 2.30. The van der Waals surface area contributed by atoms with Crippen LogP contribution in [0.1, 0.15) is 39.2 Å². The molecule has 24 heavy (non-hydrogen) atoms. The van der Waals surface area contributed by atoms with Crippen molar-refractivity contribution in [1.82, 2.24) is 15.5 Å². The first-order chi connectivity index (χ1) is 11.2. The highest BCUT2D eigenvalue weighted by atomic mass is 35.5. The van der Waals surface area contributed by atoms with Gasteiger partial charge in [-0.25, -0.2) is 9.18 Å². The monoisotopic (exact) mass is 355 g/mol. The Hall–Kier alpha value is -1.66. The molecule has 0 heterocycles. The van der Waals surface area contributed by atoms with E-state index in [0.29, 0.717) is 10.6 Å². The summed E-state index contributed by atoms with van der Waals surface area (Å²) in [5.41, 5.74) is -0.0562. The highest BCUT2D eigenvalue weighted by Gasteiger charge is 2.31. The van der Waals surface area contributed by atoms with Crippen LogP contribution in [0.2, 0.25) is 5.02 Å². The van der Waals surface area contributed by atoms with Crippen molar-refractivity contribution in [2.24, 2.45) is 0 Å². The van der Waals surface area contributed by atoms with E-state index in [9.17, 15) is 14.0 Å². The third-order valence-corrected chi connectivity index (χ3v) is 3.93. The first-order valence-electron chi connectivity index (χ1n) is 7.94. The fourth-order valence-corrected chi connectivity index (χ4v) is 2.59. The minimum Gasteiger partial charge on any atom is -0.333 e. The molecule has 0 bridgehead atoms. The average Bonchev–Trinajstić information content (AvgIpc) is 3.23. The van der Waals surface area contributed by atoms with E-state index < -0.39 is 17.5 Å². The molecule has 2 N–H and O–H groups in total. The summed E-state index contributed by atoms with van der Waals surface area (Å²) in [5.74, 6) is -0.810. The van der Waals surface area contributed by atoms with Crippen LogP contribution in [0.4, 0.5) is 9.18 Å². The average molecular weight is 356 g/mol. The maximum absolute atomic E-state index is 14.0. The zero-order valence-corrected chi connectivity index (χ0v) is 14.9. The standard InChI is InChI=1S/C17H23ClFN3O2/c1-17(2,3)21-16(24)20-15(23)10-22(11-7-8-11)9-12-13(18)5-4-6-14(12)19/h4-6,11H,7-10H2,1-3H3,(H2,20,21,23,24). The molecule has 0 spiro atoms. The largest absolute Gasteiger partial charge is 0.333 e. The lowest BCUT2D eigenvalue weighted by Gasteiger charge is -2.23. The number of carbonyl (C=O) groups excluding carboxylic acids is 2. The van der Waals surface area contributed by atoms with Gasteiger partial charge in [0.1, 0.15) is 5.82 Å². The summed E-state index contributed by atoms with van der Waals surface area (Å²) in [6.45, 7) is 5.74. The molecule has 1 aromatic carbocycles. The Morgan fingerprint density at radius 2 is 2.00 bits per heavy atom. The van der Waals surface area contributed by atoms with E-state index in [1.165, 1.54) is 6.07 Å². The van der Waals surface area contributed by atoms with Crippen LogP contribution in [-0.2, 0) is 11.3 Å². The van der Waals surface area contributed by atoms with Gasteiger partial charge in [0.2, 0.25) is 5.91 Å². The Morgan fingerprint density at radius 3 is 2.54 bits per heavy atom. The molecule has 0 saturated heterocycles. The van der Waals surface area contributed by atoms with Gasteiger partial charge in [-0.1, -0.05) is 17.7 Å². The van der Waals surface area contributed by atoms with Crippen LogP contribution >= 0.6 is 11.6 Å². The Kier molecular flexibility index (Phi) is 5.83. The molecule has 1 aliphatic carbocycles. The number of nitrogens with one attached hydrogen (secondary N) is 2. The van der Waals surface area contributed by atoms with Crippen LogP contribution < -0.4 is 10.6 Å². The number of benzene rings is 1. The number of nitrogens with zero attached hydrogens (tertiary/aromatic N) is 1. The van der Waals surface area contributed by atoms with E-state index in [4.69, 9.17) is 11.6 Å². The fourth-order valence-electron chi connectivity index (χ4n) is 2.36. The molecule has 7 heteroatoms. The van der Waals surface area contributed by atoms with E-state index in [1.807, 2.05) is 25.7 Å². The van der Waals surface area contributed by atoms with Crippen molar-refractivity contribution >= 4 is 23.5 Å². The second-order valence-corrected chi connectivity index (χ2v) is 7.50. The molecule has 1 aromatic rings. The lowest BCUT2D eigenvalue weighted by Crippen LogP contribution is -2.50. The molecule has 5 nitrogen and oxygen atoms in total. The lowest BCUT2D eigenvalue weighted by atomic mass is 10.1. The quantitative estimate of drug-likeness (QED) is 0.853. The fraction of sp³-hybridized carbons (Fsp3) is 0.529. The van der Waals surface area contributed by atoms with Gasteiger partial charge >= 0.3 is 6.03 Å². The number of imide groups is 1. The number of hydrogen-bond acceptors (Lipinski definition) is 3. The number of amides is 3. The molecule has 2 rings (SSSR count). The zero-order valence-electron chi connectivity index (χ0n) is 14.2. The summed E-state index contributed by atoms with van der Waals surface area (Å²) >= 11 is 6.06. The molecule has 1 fully saturated rings.